The van der Waals surface area contributed by atoms with E-state index in [0.717, 1.165) is 12.0 Å². The van der Waals surface area contributed by atoms with Crippen LogP contribution in [0.5, 0.6) is 0 Å². The van der Waals surface area contributed by atoms with Gasteiger partial charge in [-0.3, -0.25) is 0 Å². The van der Waals surface area contributed by atoms with E-state index in [1.807, 2.05) is 24.3 Å². The molecule has 0 unspecified atom stereocenters. The van der Waals surface area contributed by atoms with Gasteiger partial charge in [-0.2, -0.15) is 0 Å². The van der Waals surface area contributed by atoms with Crippen LogP contribution in [0, 0.1) is 6.92 Å². The molecule has 1 aromatic rings. The van der Waals surface area contributed by atoms with Gasteiger partial charge in [0.2, 0.25) is 0 Å². The SMILES string of the molecule is CCCOC(=S)c1ccc(C)cc1. The third-order valence-corrected chi connectivity index (χ3v) is 2.08. The molecular weight excluding hydrogens is 180 g/mol. The van der Waals surface area contributed by atoms with Crippen LogP contribution < -0.4 is 0 Å². The molecule has 0 fully saturated rings. The Labute approximate surface area is 84.7 Å². The van der Waals surface area contributed by atoms with Gasteiger partial charge in [-0.1, -0.05) is 36.8 Å². The number of thiocarbonyl (C=S) groups is 1. The number of hydrogen-bond donors (Lipinski definition) is 0. The molecule has 0 atom stereocenters. The quantitative estimate of drug-likeness (QED) is 0.684. The van der Waals surface area contributed by atoms with Crippen LogP contribution in [0.25, 0.3) is 0 Å². The van der Waals surface area contributed by atoms with Crippen molar-refractivity contribution in [3.8, 4) is 0 Å². The molecule has 0 aliphatic rings. The standard InChI is InChI=1S/C11H14OS/c1-3-8-12-11(13)10-6-4-9(2)5-7-10/h4-7H,3,8H2,1-2H3. The summed E-state index contributed by atoms with van der Waals surface area (Å²) in [6, 6.07) is 8.06. The third-order valence-electron chi connectivity index (χ3n) is 1.72. The monoisotopic (exact) mass is 194 g/mol. The van der Waals surface area contributed by atoms with Gasteiger partial charge in [-0.25, -0.2) is 0 Å². The second-order valence-corrected chi connectivity index (χ2v) is 3.37. The largest absolute Gasteiger partial charge is 0.483 e. The number of benzene rings is 1. The fourth-order valence-electron chi connectivity index (χ4n) is 0.968. The topological polar surface area (TPSA) is 9.23 Å². The van der Waals surface area contributed by atoms with Gasteiger partial charge >= 0.3 is 0 Å². The number of ether oxygens (including phenoxy) is 1. The van der Waals surface area contributed by atoms with Crippen molar-refractivity contribution in [2.75, 3.05) is 6.61 Å². The molecule has 0 saturated heterocycles. The summed E-state index contributed by atoms with van der Waals surface area (Å²) in [5.74, 6) is 0. The van der Waals surface area contributed by atoms with Gasteiger partial charge in [-0.05, 0) is 25.6 Å². The highest BCUT2D eigenvalue weighted by molar-refractivity contribution is 7.80. The minimum atomic E-state index is 0.599. The van der Waals surface area contributed by atoms with Crippen molar-refractivity contribution in [3.05, 3.63) is 35.4 Å². The lowest BCUT2D eigenvalue weighted by Crippen LogP contribution is -2.03. The molecule has 0 radical (unpaired) electrons. The van der Waals surface area contributed by atoms with Crippen LogP contribution in [0.4, 0.5) is 0 Å². The molecule has 13 heavy (non-hydrogen) atoms. The second kappa shape index (κ2) is 4.97. The number of hydrogen-bond acceptors (Lipinski definition) is 2. The Morgan fingerprint density at radius 3 is 2.46 bits per heavy atom. The van der Waals surface area contributed by atoms with Crippen molar-refractivity contribution in [2.45, 2.75) is 20.3 Å². The van der Waals surface area contributed by atoms with Gasteiger partial charge in [0, 0.05) is 5.56 Å². The van der Waals surface area contributed by atoms with Crippen LogP contribution in [0.2, 0.25) is 0 Å². The van der Waals surface area contributed by atoms with E-state index in [0.29, 0.717) is 11.7 Å². The summed E-state index contributed by atoms with van der Waals surface area (Å²) in [5, 5.41) is 0.599. The Hall–Kier alpha value is -0.890. The molecule has 0 N–H and O–H groups in total. The molecule has 0 aliphatic carbocycles. The lowest BCUT2D eigenvalue weighted by molar-refractivity contribution is 0.314. The maximum absolute atomic E-state index is 5.35. The predicted molar refractivity (Wildman–Crippen MR) is 59.1 cm³/mol. The highest BCUT2D eigenvalue weighted by Gasteiger charge is 1.99. The van der Waals surface area contributed by atoms with E-state index in [1.165, 1.54) is 5.56 Å². The van der Waals surface area contributed by atoms with E-state index >= 15 is 0 Å². The minimum Gasteiger partial charge on any atom is -0.483 e. The van der Waals surface area contributed by atoms with Crippen LogP contribution in [0.3, 0.4) is 0 Å². The highest BCUT2D eigenvalue weighted by atomic mass is 32.1. The zero-order valence-electron chi connectivity index (χ0n) is 8.04. The first-order valence-electron chi connectivity index (χ1n) is 4.48. The normalized spacial score (nSPS) is 9.69. The summed E-state index contributed by atoms with van der Waals surface area (Å²) in [5.41, 5.74) is 2.23. The third kappa shape index (κ3) is 3.15. The summed E-state index contributed by atoms with van der Waals surface area (Å²) in [6.07, 6.45) is 0.992. The Morgan fingerprint density at radius 1 is 1.31 bits per heavy atom. The summed E-state index contributed by atoms with van der Waals surface area (Å²) in [6.45, 7) is 4.82. The van der Waals surface area contributed by atoms with Crippen LogP contribution in [-0.4, -0.2) is 11.7 Å². The first-order valence-corrected chi connectivity index (χ1v) is 4.88. The number of rotatable bonds is 3. The van der Waals surface area contributed by atoms with Gasteiger partial charge in [0.1, 0.15) is 0 Å². The summed E-state index contributed by atoms with van der Waals surface area (Å²) in [7, 11) is 0. The maximum Gasteiger partial charge on any atom is 0.191 e. The average molecular weight is 194 g/mol. The fourth-order valence-corrected chi connectivity index (χ4v) is 1.19. The lowest BCUT2D eigenvalue weighted by atomic mass is 10.2. The van der Waals surface area contributed by atoms with Crippen LogP contribution >= 0.6 is 12.2 Å². The van der Waals surface area contributed by atoms with Gasteiger partial charge in [0.25, 0.3) is 0 Å². The van der Waals surface area contributed by atoms with Gasteiger partial charge < -0.3 is 4.74 Å². The first kappa shape index (κ1) is 10.2. The van der Waals surface area contributed by atoms with Crippen molar-refractivity contribution in [3.63, 3.8) is 0 Å². The summed E-state index contributed by atoms with van der Waals surface area (Å²) < 4.78 is 5.35. The Kier molecular flexibility index (Phi) is 3.90. The zero-order chi connectivity index (χ0) is 9.68. The maximum atomic E-state index is 5.35. The highest BCUT2D eigenvalue weighted by Crippen LogP contribution is 2.05. The molecular formula is C11H14OS. The van der Waals surface area contributed by atoms with E-state index in [2.05, 4.69) is 13.8 Å². The van der Waals surface area contributed by atoms with E-state index in [9.17, 15) is 0 Å². The van der Waals surface area contributed by atoms with Gasteiger partial charge in [-0.15, -0.1) is 0 Å². The molecule has 0 heterocycles. The molecule has 0 aliphatic heterocycles. The minimum absolute atomic E-state index is 0.599. The fraction of sp³-hybridized carbons (Fsp3) is 0.364. The summed E-state index contributed by atoms with van der Waals surface area (Å²) >= 11 is 5.11. The van der Waals surface area contributed by atoms with E-state index in [-0.39, 0.29) is 0 Å². The molecule has 0 amide bonds. The van der Waals surface area contributed by atoms with Crippen molar-refractivity contribution in [1.29, 1.82) is 0 Å². The predicted octanol–water partition coefficient (Wildman–Crippen LogP) is 3.10. The van der Waals surface area contributed by atoms with Gasteiger partial charge in [0.05, 0.1) is 6.61 Å². The zero-order valence-corrected chi connectivity index (χ0v) is 8.86. The first-order chi connectivity index (χ1) is 6.24. The smallest absolute Gasteiger partial charge is 0.191 e. The second-order valence-electron chi connectivity index (χ2n) is 3.00. The van der Waals surface area contributed by atoms with Crippen LogP contribution in [0.1, 0.15) is 24.5 Å². The lowest BCUT2D eigenvalue weighted by Gasteiger charge is -2.05. The molecule has 1 aromatic carbocycles. The Balaban J connectivity index is 2.61. The van der Waals surface area contributed by atoms with Gasteiger partial charge in [0.15, 0.2) is 5.05 Å². The van der Waals surface area contributed by atoms with Crippen molar-refractivity contribution >= 4 is 17.3 Å². The van der Waals surface area contributed by atoms with E-state index < -0.39 is 0 Å². The molecule has 2 heteroatoms. The van der Waals surface area contributed by atoms with Crippen LogP contribution in [0.15, 0.2) is 24.3 Å². The average Bonchev–Trinajstić information content (AvgIpc) is 2.15. The van der Waals surface area contributed by atoms with Crippen molar-refractivity contribution in [2.24, 2.45) is 0 Å². The Bertz CT molecular complexity index is 277. The molecule has 1 rings (SSSR count). The molecule has 0 saturated carbocycles. The van der Waals surface area contributed by atoms with E-state index in [4.69, 9.17) is 17.0 Å². The van der Waals surface area contributed by atoms with Crippen LogP contribution in [-0.2, 0) is 4.74 Å². The van der Waals surface area contributed by atoms with E-state index in [1.54, 1.807) is 0 Å². The molecule has 0 aromatic heterocycles. The molecule has 1 nitrogen and oxygen atoms in total. The van der Waals surface area contributed by atoms with Crippen molar-refractivity contribution in [1.82, 2.24) is 0 Å². The molecule has 70 valence electrons. The molecule has 0 spiro atoms. The summed E-state index contributed by atoms with van der Waals surface area (Å²) in [4.78, 5) is 0. The number of aryl methyl sites for hydroxylation is 1. The van der Waals surface area contributed by atoms with Crippen molar-refractivity contribution < 1.29 is 4.74 Å². The molecule has 0 bridgehead atoms. The Morgan fingerprint density at radius 2 is 1.92 bits per heavy atom.